The monoisotopic (exact) mass is 330 g/mol. The van der Waals surface area contributed by atoms with Crippen LogP contribution in [0.25, 0.3) is 0 Å². The summed E-state index contributed by atoms with van der Waals surface area (Å²) in [6.07, 6.45) is 0. The molecule has 0 aromatic heterocycles. The Morgan fingerprint density at radius 2 is 1.00 bits per heavy atom. The number of aliphatic hydroxyl groups is 2. The Kier molecular flexibility index (Phi) is 5.26. The Hall–Kier alpha value is -2.38. The summed E-state index contributed by atoms with van der Waals surface area (Å²) in [6, 6.07) is 15.4. The Labute approximate surface area is 139 Å². The van der Waals surface area contributed by atoms with E-state index < -0.39 is 23.1 Å². The van der Waals surface area contributed by atoms with E-state index in [0.717, 1.165) is 14.2 Å². The molecule has 6 heteroatoms. The number of ether oxygens (including phenoxy) is 2. The lowest BCUT2D eigenvalue weighted by Crippen LogP contribution is -2.65. The molecule has 24 heavy (non-hydrogen) atoms. The number of carbonyl (C=O) groups excluding carboxylic acids is 2. The van der Waals surface area contributed by atoms with E-state index in [2.05, 4.69) is 0 Å². The molecule has 126 valence electrons. The minimum absolute atomic E-state index is 0.0539. The zero-order chi connectivity index (χ0) is 17.8. The molecule has 0 fully saturated rings. The Morgan fingerprint density at radius 1 is 0.708 bits per heavy atom. The maximum absolute atomic E-state index is 12.7. The number of hydrogen-bond acceptors (Lipinski definition) is 6. The van der Waals surface area contributed by atoms with Crippen LogP contribution in [0.3, 0.4) is 0 Å². The van der Waals surface area contributed by atoms with E-state index >= 15 is 0 Å². The van der Waals surface area contributed by atoms with Crippen molar-refractivity contribution in [1.29, 1.82) is 0 Å². The first-order valence-electron chi connectivity index (χ1n) is 7.15. The summed E-state index contributed by atoms with van der Waals surface area (Å²) in [6.45, 7) is 0. The molecule has 0 bridgehead atoms. The molecule has 0 saturated heterocycles. The molecule has 0 aliphatic carbocycles. The first kappa shape index (κ1) is 18.0. The molecule has 2 N–H and O–H groups in total. The van der Waals surface area contributed by atoms with Crippen molar-refractivity contribution in [2.24, 2.45) is 0 Å². The number of rotatable bonds is 7. The van der Waals surface area contributed by atoms with Gasteiger partial charge in [-0.05, 0) is 0 Å². The van der Waals surface area contributed by atoms with Gasteiger partial charge in [-0.2, -0.15) is 0 Å². The van der Waals surface area contributed by atoms with E-state index in [1.165, 1.54) is 24.3 Å². The fourth-order valence-corrected chi connectivity index (χ4v) is 2.34. The second-order valence-corrected chi connectivity index (χ2v) is 5.09. The number of methoxy groups -OCH3 is 2. The lowest BCUT2D eigenvalue weighted by atomic mass is 9.89. The number of carbonyl (C=O) groups is 2. The zero-order valence-electron chi connectivity index (χ0n) is 13.3. The minimum atomic E-state index is -2.92. The highest BCUT2D eigenvalue weighted by atomic mass is 16.7. The van der Waals surface area contributed by atoms with Gasteiger partial charge in [0.15, 0.2) is 0 Å². The number of ketones is 2. The van der Waals surface area contributed by atoms with Crippen LogP contribution in [-0.2, 0) is 9.47 Å². The molecule has 2 unspecified atom stereocenters. The predicted molar refractivity (Wildman–Crippen MR) is 85.5 cm³/mol. The molecule has 0 aliphatic heterocycles. The van der Waals surface area contributed by atoms with Crippen molar-refractivity contribution in [2.45, 2.75) is 11.6 Å². The summed E-state index contributed by atoms with van der Waals surface area (Å²) in [5, 5.41) is 21.5. The highest BCUT2D eigenvalue weighted by Crippen LogP contribution is 2.31. The van der Waals surface area contributed by atoms with E-state index in [1.54, 1.807) is 36.4 Å². The third kappa shape index (κ3) is 2.88. The topological polar surface area (TPSA) is 93.1 Å². The molecule has 0 spiro atoms. The van der Waals surface area contributed by atoms with Crippen LogP contribution in [0, 0.1) is 0 Å². The van der Waals surface area contributed by atoms with Crippen molar-refractivity contribution < 1.29 is 29.3 Å². The van der Waals surface area contributed by atoms with Gasteiger partial charge < -0.3 is 19.7 Å². The lowest BCUT2D eigenvalue weighted by molar-refractivity contribution is -0.316. The van der Waals surface area contributed by atoms with Gasteiger partial charge in [-0.15, -0.1) is 0 Å². The van der Waals surface area contributed by atoms with E-state index in [1.807, 2.05) is 0 Å². The van der Waals surface area contributed by atoms with E-state index in [-0.39, 0.29) is 11.1 Å². The molecule has 2 aromatic carbocycles. The average Bonchev–Trinajstić information content (AvgIpc) is 2.66. The maximum Gasteiger partial charge on any atom is 0.295 e. The van der Waals surface area contributed by atoms with Crippen molar-refractivity contribution in [3.63, 3.8) is 0 Å². The van der Waals surface area contributed by atoms with Gasteiger partial charge >= 0.3 is 0 Å². The SMILES string of the molecule is COC(O)(C(=O)c1ccccc1)C(O)(OC)C(=O)c1ccccc1. The predicted octanol–water partition coefficient (Wildman–Crippen LogP) is 1.42. The summed E-state index contributed by atoms with van der Waals surface area (Å²) >= 11 is 0. The highest BCUT2D eigenvalue weighted by Gasteiger charge is 2.62. The second kappa shape index (κ2) is 7.02. The van der Waals surface area contributed by atoms with Crippen LogP contribution in [0.4, 0.5) is 0 Å². The molecular weight excluding hydrogens is 312 g/mol. The summed E-state index contributed by atoms with van der Waals surface area (Å²) in [5.41, 5.74) is 0.108. The molecule has 0 saturated carbocycles. The Morgan fingerprint density at radius 3 is 1.25 bits per heavy atom. The Balaban J connectivity index is 2.52. The van der Waals surface area contributed by atoms with Gasteiger partial charge in [0.2, 0.25) is 11.6 Å². The summed E-state index contributed by atoms with van der Waals surface area (Å²) in [4.78, 5) is 25.3. The van der Waals surface area contributed by atoms with Crippen LogP contribution >= 0.6 is 0 Å². The zero-order valence-corrected chi connectivity index (χ0v) is 13.3. The Bertz CT molecular complexity index is 651. The molecule has 2 aromatic rings. The molecular formula is C18H18O6. The van der Waals surface area contributed by atoms with Crippen molar-refractivity contribution in [2.75, 3.05) is 14.2 Å². The molecule has 2 rings (SSSR count). The second-order valence-electron chi connectivity index (χ2n) is 5.09. The van der Waals surface area contributed by atoms with E-state index in [0.29, 0.717) is 0 Å². The quantitative estimate of drug-likeness (QED) is 0.589. The third-order valence-corrected chi connectivity index (χ3v) is 3.74. The molecule has 6 nitrogen and oxygen atoms in total. The van der Waals surface area contributed by atoms with Crippen LogP contribution < -0.4 is 0 Å². The first-order valence-corrected chi connectivity index (χ1v) is 7.15. The maximum atomic E-state index is 12.7. The van der Waals surface area contributed by atoms with Gasteiger partial charge in [0.25, 0.3) is 11.6 Å². The number of hydrogen-bond donors (Lipinski definition) is 2. The van der Waals surface area contributed by atoms with Gasteiger partial charge in [-0.3, -0.25) is 9.59 Å². The fourth-order valence-electron chi connectivity index (χ4n) is 2.34. The van der Waals surface area contributed by atoms with Crippen LogP contribution in [0.1, 0.15) is 20.7 Å². The highest BCUT2D eigenvalue weighted by molar-refractivity contribution is 6.10. The van der Waals surface area contributed by atoms with E-state index in [4.69, 9.17) is 9.47 Å². The summed E-state index contributed by atoms with van der Waals surface area (Å²) in [5.74, 6) is -7.84. The third-order valence-electron chi connectivity index (χ3n) is 3.74. The first-order chi connectivity index (χ1) is 11.4. The molecule has 0 radical (unpaired) electrons. The van der Waals surface area contributed by atoms with Crippen molar-refractivity contribution in [3.05, 3.63) is 71.8 Å². The van der Waals surface area contributed by atoms with Crippen molar-refractivity contribution in [3.8, 4) is 0 Å². The van der Waals surface area contributed by atoms with Crippen LogP contribution in [-0.4, -0.2) is 47.6 Å². The van der Waals surface area contributed by atoms with Crippen LogP contribution in [0.5, 0.6) is 0 Å². The fraction of sp³-hybridized carbons (Fsp3) is 0.222. The summed E-state index contributed by atoms with van der Waals surface area (Å²) < 4.78 is 9.73. The standard InChI is InChI=1S/C18H18O6/c1-23-17(21,15(19)13-9-5-3-6-10-13)18(22,24-2)16(20)14-11-7-4-8-12-14/h3-12,21-22H,1-2H3. The van der Waals surface area contributed by atoms with Gasteiger partial charge in [-0.1, -0.05) is 60.7 Å². The average molecular weight is 330 g/mol. The van der Waals surface area contributed by atoms with Gasteiger partial charge in [-0.25, -0.2) is 0 Å². The smallest absolute Gasteiger partial charge is 0.295 e. The molecule has 0 aliphatic rings. The van der Waals surface area contributed by atoms with Gasteiger partial charge in [0, 0.05) is 25.3 Å². The molecule has 2 atom stereocenters. The van der Waals surface area contributed by atoms with Crippen LogP contribution in [0.2, 0.25) is 0 Å². The van der Waals surface area contributed by atoms with Crippen molar-refractivity contribution in [1.82, 2.24) is 0 Å². The number of benzene rings is 2. The lowest BCUT2D eigenvalue weighted by Gasteiger charge is -2.38. The largest absolute Gasteiger partial charge is 0.355 e. The molecule has 0 amide bonds. The van der Waals surface area contributed by atoms with E-state index in [9.17, 15) is 19.8 Å². The van der Waals surface area contributed by atoms with Gasteiger partial charge in [0.1, 0.15) is 0 Å². The summed E-state index contributed by atoms with van der Waals surface area (Å²) in [7, 11) is 2.01. The minimum Gasteiger partial charge on any atom is -0.355 e. The van der Waals surface area contributed by atoms with Crippen molar-refractivity contribution >= 4 is 11.6 Å². The normalized spacial score (nSPS) is 16.0. The van der Waals surface area contributed by atoms with Crippen LogP contribution in [0.15, 0.2) is 60.7 Å². The molecule has 0 heterocycles. The van der Waals surface area contributed by atoms with Gasteiger partial charge in [0.05, 0.1) is 0 Å². The number of Topliss-reactive ketones (excluding diaryl/α,β-unsaturated/α-hetero) is 2.